The van der Waals surface area contributed by atoms with Crippen molar-refractivity contribution in [3.63, 3.8) is 0 Å². The Morgan fingerprint density at radius 3 is 2.42 bits per heavy atom. The van der Waals surface area contributed by atoms with Crippen LogP contribution in [-0.4, -0.2) is 61.0 Å². The van der Waals surface area contributed by atoms with Crippen LogP contribution in [0.1, 0.15) is 76.2 Å². The second-order valence-corrected chi connectivity index (χ2v) is 12.6. The monoisotopic (exact) mass is 613 g/mol. The molecule has 4 aliphatic rings. The largest absolute Gasteiger partial charge is 0.481 e. The number of nitrogen functional groups attached to an aromatic ring is 1. The Labute approximate surface area is 255 Å². The number of aliphatic carboxylic acids is 1. The molecule has 2 aromatic heterocycles. The summed E-state index contributed by atoms with van der Waals surface area (Å²) in [5.41, 5.74) is 6.97. The lowest BCUT2D eigenvalue weighted by Crippen LogP contribution is -2.50. The molecule has 3 fully saturated rings. The van der Waals surface area contributed by atoms with Crippen LogP contribution in [0.3, 0.4) is 0 Å². The summed E-state index contributed by atoms with van der Waals surface area (Å²) >= 11 is 0. The fraction of sp³-hybridized carbons (Fsp3) is 0.433. The number of benzene rings is 1. The number of anilines is 2. The van der Waals surface area contributed by atoms with Crippen molar-refractivity contribution in [3.05, 3.63) is 72.8 Å². The van der Waals surface area contributed by atoms with E-state index in [9.17, 15) is 29.1 Å². The molecule has 0 atom stereocenters. The summed E-state index contributed by atoms with van der Waals surface area (Å²) in [5, 5.41) is 26.8. The van der Waals surface area contributed by atoms with E-state index in [2.05, 4.69) is 31.1 Å². The molecule has 232 valence electrons. The number of carboxylic acids is 1. The Balaban J connectivity index is 1.02. The molecule has 8 rings (SSSR count). The van der Waals surface area contributed by atoms with Crippen LogP contribution in [0, 0.1) is 10.8 Å². The molecule has 0 radical (unpaired) electrons. The number of carboxylic acid groups (broad SMARTS) is 1. The summed E-state index contributed by atoms with van der Waals surface area (Å²) in [6.45, 7) is 1.56. The van der Waals surface area contributed by atoms with Crippen LogP contribution in [0.25, 0.3) is 5.78 Å². The fourth-order valence-corrected chi connectivity index (χ4v) is 7.12. The Bertz CT molecular complexity index is 1930. The lowest BCUT2D eigenvalue weighted by Gasteiger charge is -2.51. The predicted octanol–water partition coefficient (Wildman–Crippen LogP) is 0.345. The quantitative estimate of drug-likeness (QED) is 0.198. The van der Waals surface area contributed by atoms with E-state index >= 15 is 0 Å². The Kier molecular flexibility index (Phi) is 6.63. The van der Waals surface area contributed by atoms with Gasteiger partial charge in [-0.2, -0.15) is 4.52 Å². The average Bonchev–Trinajstić information content (AvgIpc) is 3.55. The topological polar surface area (TPSA) is 215 Å². The van der Waals surface area contributed by atoms with Crippen LogP contribution >= 0.6 is 0 Å². The first-order valence-corrected chi connectivity index (χ1v) is 14.9. The van der Waals surface area contributed by atoms with Crippen LogP contribution in [0.2, 0.25) is 0 Å². The molecule has 2 bridgehead atoms. The van der Waals surface area contributed by atoms with E-state index in [1.807, 2.05) is 23.1 Å². The zero-order chi connectivity index (χ0) is 31.5. The number of rotatable bonds is 8. The maximum atomic E-state index is 13.4. The summed E-state index contributed by atoms with van der Waals surface area (Å²) in [5.74, 6) is -1.71. The number of hydrogen-bond acceptors (Lipinski definition) is 11. The molecule has 3 heterocycles. The molecular weight excluding hydrogens is 582 g/mol. The summed E-state index contributed by atoms with van der Waals surface area (Å²) in [4.78, 5) is 68.0. The zero-order valence-corrected chi connectivity index (χ0v) is 24.3. The van der Waals surface area contributed by atoms with Crippen LogP contribution in [0.5, 0.6) is 0 Å². The number of amides is 2. The molecular formula is C30H31N9O6. The van der Waals surface area contributed by atoms with E-state index in [-0.39, 0.29) is 40.5 Å². The Hall–Kier alpha value is -5.21. The normalized spacial score (nSPS) is 22.4. The van der Waals surface area contributed by atoms with Crippen molar-refractivity contribution in [2.24, 2.45) is 10.8 Å². The van der Waals surface area contributed by atoms with Gasteiger partial charge < -0.3 is 26.4 Å². The van der Waals surface area contributed by atoms with E-state index in [1.165, 1.54) is 10.6 Å². The summed E-state index contributed by atoms with van der Waals surface area (Å²) < 4.78 is 1.18. The standard InChI is InChI=1S/C30H31N9O6/c31-21-22(24(41)23(21)40)38-10-3-17-2-1-16(11-18(17)14-38)13-32-25(42)19-12-20(39-28(34-19)35-36-37-39)26(43)33-15-29-4-7-30(8-5-29,9-6-29)27(44)45/h1-2,11-12H,3-10,13-15,31H2,(H,32,42)(H,33,43)(H,44,45). The van der Waals surface area contributed by atoms with Gasteiger partial charge in [0.25, 0.3) is 28.4 Å². The van der Waals surface area contributed by atoms with Gasteiger partial charge in [-0.3, -0.25) is 24.0 Å². The first kappa shape index (κ1) is 28.6. The molecule has 3 aliphatic carbocycles. The van der Waals surface area contributed by atoms with Gasteiger partial charge in [0.15, 0.2) is 0 Å². The molecule has 15 heteroatoms. The van der Waals surface area contributed by atoms with Gasteiger partial charge in [0.2, 0.25) is 0 Å². The maximum absolute atomic E-state index is 13.4. The number of carbonyl (C=O) groups is 3. The molecule has 1 aliphatic heterocycles. The number of hydrogen-bond donors (Lipinski definition) is 4. The second-order valence-electron chi connectivity index (χ2n) is 12.6. The number of aromatic nitrogens is 5. The average molecular weight is 614 g/mol. The lowest BCUT2D eigenvalue weighted by atomic mass is 9.53. The summed E-state index contributed by atoms with van der Waals surface area (Å²) in [6.07, 6.45) is 4.68. The van der Waals surface area contributed by atoms with E-state index < -0.39 is 34.1 Å². The van der Waals surface area contributed by atoms with Gasteiger partial charge in [-0.15, -0.1) is 0 Å². The molecule has 0 spiro atoms. The first-order valence-electron chi connectivity index (χ1n) is 14.9. The van der Waals surface area contributed by atoms with Crippen LogP contribution < -0.4 is 32.1 Å². The highest BCUT2D eigenvalue weighted by atomic mass is 16.4. The van der Waals surface area contributed by atoms with E-state index in [0.29, 0.717) is 45.3 Å². The Morgan fingerprint density at radius 2 is 1.71 bits per heavy atom. The predicted molar refractivity (Wildman–Crippen MR) is 159 cm³/mol. The molecule has 45 heavy (non-hydrogen) atoms. The van der Waals surface area contributed by atoms with Crippen molar-refractivity contribution >= 4 is 34.9 Å². The molecule has 2 aromatic carbocycles. The number of carbonyl (C=O) groups excluding carboxylic acids is 2. The fourth-order valence-electron chi connectivity index (χ4n) is 7.12. The van der Waals surface area contributed by atoms with Crippen molar-refractivity contribution < 1.29 is 19.5 Å². The minimum Gasteiger partial charge on any atom is -0.481 e. The van der Waals surface area contributed by atoms with Gasteiger partial charge >= 0.3 is 5.97 Å². The van der Waals surface area contributed by atoms with Gasteiger partial charge in [0.1, 0.15) is 22.8 Å². The van der Waals surface area contributed by atoms with E-state index in [4.69, 9.17) is 5.73 Å². The second kappa shape index (κ2) is 10.5. The molecule has 2 amide bonds. The minimum atomic E-state index is -0.731. The van der Waals surface area contributed by atoms with Gasteiger partial charge in [-0.25, -0.2) is 4.98 Å². The third kappa shape index (κ3) is 4.78. The number of tetrazole rings is 1. The van der Waals surface area contributed by atoms with Crippen molar-refractivity contribution in [3.8, 4) is 0 Å². The summed E-state index contributed by atoms with van der Waals surface area (Å²) in [6, 6.07) is 7.18. The lowest BCUT2D eigenvalue weighted by molar-refractivity contribution is -0.158. The highest BCUT2D eigenvalue weighted by Gasteiger charge is 2.52. The molecule has 0 unspecified atom stereocenters. The van der Waals surface area contributed by atoms with Gasteiger partial charge in [-0.05, 0) is 77.5 Å². The molecule has 3 saturated carbocycles. The maximum Gasteiger partial charge on any atom is 0.309 e. The van der Waals surface area contributed by atoms with Crippen LogP contribution in [0.15, 0.2) is 33.9 Å². The number of fused-ring (bicyclic) bond motifs is 5. The number of nitrogens with one attached hydrogen (secondary N) is 2. The summed E-state index contributed by atoms with van der Waals surface area (Å²) in [7, 11) is 0. The van der Waals surface area contributed by atoms with E-state index in [0.717, 1.165) is 36.0 Å². The van der Waals surface area contributed by atoms with Crippen molar-refractivity contribution in [1.29, 1.82) is 0 Å². The number of nitrogens with two attached hydrogens (primary N) is 1. The van der Waals surface area contributed by atoms with Gasteiger partial charge in [-0.1, -0.05) is 23.3 Å². The zero-order valence-electron chi connectivity index (χ0n) is 24.3. The van der Waals surface area contributed by atoms with Crippen molar-refractivity contribution in [2.75, 3.05) is 23.7 Å². The Morgan fingerprint density at radius 1 is 0.956 bits per heavy atom. The third-order valence-corrected chi connectivity index (χ3v) is 10.1. The molecule has 15 nitrogen and oxygen atoms in total. The van der Waals surface area contributed by atoms with Crippen molar-refractivity contribution in [2.45, 2.75) is 58.0 Å². The minimum absolute atomic E-state index is 0.000916. The number of nitrogens with zero attached hydrogens (tertiary/aromatic N) is 6. The van der Waals surface area contributed by atoms with Gasteiger partial charge in [0.05, 0.1) is 5.41 Å². The van der Waals surface area contributed by atoms with Crippen molar-refractivity contribution in [1.82, 2.24) is 35.7 Å². The van der Waals surface area contributed by atoms with Gasteiger partial charge in [0, 0.05) is 32.2 Å². The smallest absolute Gasteiger partial charge is 0.309 e. The molecule has 0 saturated heterocycles. The highest BCUT2D eigenvalue weighted by Crippen LogP contribution is 2.56. The van der Waals surface area contributed by atoms with Crippen LogP contribution in [-0.2, 0) is 24.3 Å². The molecule has 4 aromatic rings. The molecule has 5 N–H and O–H groups in total. The SMILES string of the molecule is Nc1c(N2CCc3ccc(CNC(=O)c4cc(C(=O)NCC56CCC(C(=O)O)(CC5)CC6)n5nnnc5n4)cc3C2)c(=O)c1=O. The van der Waals surface area contributed by atoms with E-state index in [1.54, 1.807) is 0 Å². The van der Waals surface area contributed by atoms with Crippen LogP contribution in [0.4, 0.5) is 11.4 Å². The first-order chi connectivity index (χ1) is 21.6. The third-order valence-electron chi connectivity index (χ3n) is 10.1. The highest BCUT2D eigenvalue weighted by molar-refractivity contribution is 5.98.